The first-order valence-electron chi connectivity index (χ1n) is 10.0. The smallest absolute Gasteiger partial charge is 0.252 e. The highest BCUT2D eigenvalue weighted by Gasteiger charge is 2.20. The van der Waals surface area contributed by atoms with E-state index in [1.165, 1.54) is 12.8 Å². The highest BCUT2D eigenvalue weighted by Crippen LogP contribution is 2.26. The highest BCUT2D eigenvalue weighted by atomic mass is 16.1. The second kappa shape index (κ2) is 8.10. The van der Waals surface area contributed by atoms with Gasteiger partial charge in [0.2, 0.25) is 0 Å². The molecule has 2 aromatic heterocycles. The van der Waals surface area contributed by atoms with Crippen LogP contribution in [0.4, 0.5) is 0 Å². The molecule has 3 aromatic rings. The number of piperidine rings is 1. The molecule has 0 bridgehead atoms. The van der Waals surface area contributed by atoms with Crippen LogP contribution < -0.4 is 10.6 Å². The van der Waals surface area contributed by atoms with E-state index in [0.717, 1.165) is 47.5 Å². The Balaban J connectivity index is 1.61. The Morgan fingerprint density at radius 3 is 2.89 bits per heavy atom. The fraction of sp³-hybridized carbons (Fsp3) is 0.409. The topological polar surface area (TPSA) is 71.8 Å². The summed E-state index contributed by atoms with van der Waals surface area (Å²) in [6.45, 7) is 4.78. The summed E-state index contributed by atoms with van der Waals surface area (Å²) in [6.07, 6.45) is 3.46. The van der Waals surface area contributed by atoms with Gasteiger partial charge in [-0.1, -0.05) is 30.3 Å². The van der Waals surface area contributed by atoms with Crippen molar-refractivity contribution in [2.24, 2.45) is 13.0 Å². The maximum absolute atomic E-state index is 13.1. The molecule has 4 rings (SSSR count). The van der Waals surface area contributed by atoms with E-state index in [0.29, 0.717) is 18.0 Å². The molecule has 1 fully saturated rings. The number of nitrogens with zero attached hydrogens (tertiary/aromatic N) is 3. The average Bonchev–Trinajstić information content (AvgIpc) is 3.02. The molecule has 0 radical (unpaired) electrons. The zero-order valence-electron chi connectivity index (χ0n) is 16.5. The predicted molar refractivity (Wildman–Crippen MR) is 111 cm³/mol. The third-order valence-corrected chi connectivity index (χ3v) is 5.52. The van der Waals surface area contributed by atoms with Gasteiger partial charge in [-0.2, -0.15) is 5.10 Å². The van der Waals surface area contributed by atoms with E-state index in [1.54, 1.807) is 4.68 Å². The van der Waals surface area contributed by atoms with Crippen LogP contribution >= 0.6 is 0 Å². The SMILES string of the molecule is Cc1nn(C)c2nc(-c3ccccc3)cc(C(=O)NCCC3CCCNC3)c12. The quantitative estimate of drug-likeness (QED) is 0.717. The third kappa shape index (κ3) is 3.78. The largest absolute Gasteiger partial charge is 0.352 e. The normalized spacial score (nSPS) is 17.0. The number of hydrogen-bond donors (Lipinski definition) is 2. The minimum absolute atomic E-state index is 0.0514. The third-order valence-electron chi connectivity index (χ3n) is 5.52. The molecule has 1 aromatic carbocycles. The number of rotatable bonds is 5. The average molecular weight is 377 g/mol. The fourth-order valence-corrected chi connectivity index (χ4v) is 4.04. The van der Waals surface area contributed by atoms with Gasteiger partial charge in [-0.3, -0.25) is 9.48 Å². The first-order chi connectivity index (χ1) is 13.6. The van der Waals surface area contributed by atoms with Gasteiger partial charge in [0.05, 0.1) is 22.3 Å². The fourth-order valence-electron chi connectivity index (χ4n) is 4.04. The van der Waals surface area contributed by atoms with E-state index in [1.807, 2.05) is 50.4 Å². The lowest BCUT2D eigenvalue weighted by Crippen LogP contribution is -2.33. The Morgan fingerprint density at radius 1 is 1.32 bits per heavy atom. The number of nitrogens with one attached hydrogen (secondary N) is 2. The molecule has 2 N–H and O–H groups in total. The van der Waals surface area contributed by atoms with Crippen molar-refractivity contribution in [3.63, 3.8) is 0 Å². The number of aromatic nitrogens is 3. The molecular weight excluding hydrogens is 350 g/mol. The number of fused-ring (bicyclic) bond motifs is 1. The lowest BCUT2D eigenvalue weighted by atomic mass is 9.96. The van der Waals surface area contributed by atoms with Crippen molar-refractivity contribution in [3.05, 3.63) is 47.7 Å². The van der Waals surface area contributed by atoms with E-state index < -0.39 is 0 Å². The number of pyridine rings is 1. The molecule has 0 saturated carbocycles. The molecule has 0 spiro atoms. The van der Waals surface area contributed by atoms with Crippen LogP contribution in [-0.4, -0.2) is 40.3 Å². The van der Waals surface area contributed by atoms with Crippen LogP contribution in [0.1, 0.15) is 35.3 Å². The standard InChI is InChI=1S/C22H27N5O/c1-15-20-18(22(28)24-12-10-16-7-6-11-23-14-16)13-19(17-8-4-3-5-9-17)25-21(20)27(2)26-15/h3-5,8-9,13,16,23H,6-7,10-12,14H2,1-2H3,(H,24,28). The number of hydrogen-bond acceptors (Lipinski definition) is 4. The minimum atomic E-state index is -0.0514. The molecule has 1 unspecified atom stereocenters. The molecule has 1 aliphatic rings. The molecule has 146 valence electrons. The van der Waals surface area contributed by atoms with Gasteiger partial charge in [0.1, 0.15) is 0 Å². The van der Waals surface area contributed by atoms with Crippen LogP contribution in [0.5, 0.6) is 0 Å². The van der Waals surface area contributed by atoms with Gasteiger partial charge in [0, 0.05) is 19.2 Å². The molecule has 1 saturated heterocycles. The van der Waals surface area contributed by atoms with Crippen LogP contribution in [0.15, 0.2) is 36.4 Å². The van der Waals surface area contributed by atoms with Gasteiger partial charge in [-0.15, -0.1) is 0 Å². The van der Waals surface area contributed by atoms with Crippen molar-refractivity contribution >= 4 is 16.9 Å². The number of carbonyl (C=O) groups excluding carboxylic acids is 1. The van der Waals surface area contributed by atoms with Gasteiger partial charge >= 0.3 is 0 Å². The van der Waals surface area contributed by atoms with E-state index in [-0.39, 0.29) is 5.91 Å². The van der Waals surface area contributed by atoms with Crippen molar-refractivity contribution in [1.82, 2.24) is 25.4 Å². The summed E-state index contributed by atoms with van der Waals surface area (Å²) in [5, 5.41) is 11.9. The number of carbonyl (C=O) groups is 1. The van der Waals surface area contributed by atoms with Crippen LogP contribution in [0.25, 0.3) is 22.3 Å². The maximum atomic E-state index is 13.1. The van der Waals surface area contributed by atoms with E-state index in [4.69, 9.17) is 4.98 Å². The second-order valence-electron chi connectivity index (χ2n) is 7.59. The monoisotopic (exact) mass is 377 g/mol. The van der Waals surface area contributed by atoms with Crippen molar-refractivity contribution < 1.29 is 4.79 Å². The van der Waals surface area contributed by atoms with Crippen molar-refractivity contribution in [1.29, 1.82) is 0 Å². The number of amides is 1. The van der Waals surface area contributed by atoms with Crippen molar-refractivity contribution in [2.45, 2.75) is 26.2 Å². The summed E-state index contributed by atoms with van der Waals surface area (Å²) in [6, 6.07) is 11.8. The summed E-state index contributed by atoms with van der Waals surface area (Å²) in [5.41, 5.74) is 3.99. The van der Waals surface area contributed by atoms with E-state index in [2.05, 4.69) is 15.7 Å². The molecule has 1 amide bonds. The predicted octanol–water partition coefficient (Wildman–Crippen LogP) is 3.06. The summed E-state index contributed by atoms with van der Waals surface area (Å²) < 4.78 is 1.75. The zero-order chi connectivity index (χ0) is 19.5. The molecule has 6 nitrogen and oxygen atoms in total. The first-order valence-corrected chi connectivity index (χ1v) is 10.0. The Labute approximate surface area is 165 Å². The number of benzene rings is 1. The zero-order valence-corrected chi connectivity index (χ0v) is 16.5. The van der Waals surface area contributed by atoms with Crippen LogP contribution in [0, 0.1) is 12.8 Å². The van der Waals surface area contributed by atoms with Gasteiger partial charge in [0.15, 0.2) is 5.65 Å². The summed E-state index contributed by atoms with van der Waals surface area (Å²) in [7, 11) is 1.87. The lowest BCUT2D eigenvalue weighted by Gasteiger charge is -2.22. The summed E-state index contributed by atoms with van der Waals surface area (Å²) in [5.74, 6) is 0.593. The molecule has 1 aliphatic heterocycles. The van der Waals surface area contributed by atoms with Crippen molar-refractivity contribution in [2.75, 3.05) is 19.6 Å². The van der Waals surface area contributed by atoms with Crippen LogP contribution in [0.3, 0.4) is 0 Å². The Bertz CT molecular complexity index is 974. The lowest BCUT2D eigenvalue weighted by molar-refractivity contribution is 0.0952. The van der Waals surface area contributed by atoms with Gasteiger partial charge < -0.3 is 10.6 Å². The molecule has 3 heterocycles. The molecular formula is C22H27N5O. The second-order valence-corrected chi connectivity index (χ2v) is 7.59. The van der Waals surface area contributed by atoms with E-state index in [9.17, 15) is 4.79 Å². The summed E-state index contributed by atoms with van der Waals surface area (Å²) >= 11 is 0. The minimum Gasteiger partial charge on any atom is -0.352 e. The Morgan fingerprint density at radius 2 is 2.14 bits per heavy atom. The Kier molecular flexibility index (Phi) is 5.39. The van der Waals surface area contributed by atoms with Gasteiger partial charge in [-0.25, -0.2) is 4.98 Å². The Hall–Kier alpha value is -2.73. The molecule has 28 heavy (non-hydrogen) atoms. The summed E-state index contributed by atoms with van der Waals surface area (Å²) in [4.78, 5) is 17.8. The molecule has 1 atom stereocenters. The maximum Gasteiger partial charge on any atom is 0.252 e. The number of aryl methyl sites for hydroxylation is 2. The van der Waals surface area contributed by atoms with Crippen LogP contribution in [0.2, 0.25) is 0 Å². The van der Waals surface area contributed by atoms with Crippen molar-refractivity contribution in [3.8, 4) is 11.3 Å². The van der Waals surface area contributed by atoms with Gasteiger partial charge in [-0.05, 0) is 51.3 Å². The molecule has 0 aliphatic carbocycles. The highest BCUT2D eigenvalue weighted by molar-refractivity contribution is 6.07. The first kappa shape index (κ1) is 18.6. The van der Waals surface area contributed by atoms with Gasteiger partial charge in [0.25, 0.3) is 5.91 Å². The van der Waals surface area contributed by atoms with Crippen LogP contribution in [-0.2, 0) is 7.05 Å². The van der Waals surface area contributed by atoms with E-state index >= 15 is 0 Å². The molecule has 6 heteroatoms.